The number of carboxylic acid groups (broad SMARTS) is 1. The molecule has 0 radical (unpaired) electrons. The van der Waals surface area contributed by atoms with Gasteiger partial charge in [0, 0.05) is 12.0 Å². The Morgan fingerprint density at radius 2 is 1.87 bits per heavy atom. The molecule has 0 amide bonds. The Morgan fingerprint density at radius 1 is 1.16 bits per heavy atom. The lowest BCUT2D eigenvalue weighted by Gasteiger charge is -2.40. The van der Waals surface area contributed by atoms with Crippen molar-refractivity contribution in [1.82, 2.24) is 0 Å². The van der Waals surface area contributed by atoms with Gasteiger partial charge in [-0.1, -0.05) is 23.3 Å². The molecular weight excluding hydrogens is 492 g/mol. The molecule has 0 aromatic heterocycles. The molecule has 6 N–H and O–H groups in total. The Labute approximate surface area is 224 Å². The van der Waals surface area contributed by atoms with Gasteiger partial charge in [-0.3, -0.25) is 0 Å². The first-order valence-corrected chi connectivity index (χ1v) is 12.8. The van der Waals surface area contributed by atoms with Crippen molar-refractivity contribution < 1.29 is 44.9 Å². The first-order chi connectivity index (χ1) is 18.0. The molecule has 1 unspecified atom stereocenters. The number of unbranched alkanes of at least 4 members (excludes halogenated alkanes) is 2. The second kappa shape index (κ2) is 14.9. The normalized spacial score (nSPS) is 23.5. The molecule has 9 heteroatoms. The number of aromatic carboxylic acids is 1. The molecule has 9 nitrogen and oxygen atoms in total. The zero-order valence-electron chi connectivity index (χ0n) is 22.3. The van der Waals surface area contributed by atoms with Crippen molar-refractivity contribution in [2.24, 2.45) is 5.92 Å². The topological polar surface area (TPSA) is 157 Å². The second-order valence-electron chi connectivity index (χ2n) is 9.87. The predicted molar refractivity (Wildman–Crippen MR) is 142 cm³/mol. The van der Waals surface area contributed by atoms with Crippen LogP contribution in [-0.4, -0.2) is 68.0 Å². The van der Waals surface area contributed by atoms with Crippen LogP contribution in [0.15, 0.2) is 29.4 Å². The van der Waals surface area contributed by atoms with Gasteiger partial charge in [0.2, 0.25) is 6.29 Å². The van der Waals surface area contributed by atoms with Gasteiger partial charge in [0.25, 0.3) is 0 Å². The highest BCUT2D eigenvalue weighted by Gasteiger charge is 2.45. The van der Waals surface area contributed by atoms with Gasteiger partial charge in [-0.05, 0) is 70.9 Å². The summed E-state index contributed by atoms with van der Waals surface area (Å²) in [4.78, 5) is 12.1. The summed E-state index contributed by atoms with van der Waals surface area (Å²) in [6.45, 7) is 5.35. The molecule has 2 rings (SSSR count). The van der Waals surface area contributed by atoms with Gasteiger partial charge in [-0.25, -0.2) is 4.79 Å². The Hall–Kier alpha value is -2.87. The molecule has 0 saturated carbocycles. The number of aromatic hydroxyl groups is 1. The van der Waals surface area contributed by atoms with Crippen molar-refractivity contribution >= 4 is 5.97 Å². The van der Waals surface area contributed by atoms with Crippen molar-refractivity contribution in [2.45, 2.75) is 90.5 Å². The standard InChI is InChI=1S/C29H40O9/c1-5-6-7-8-12-19-15-22(37-29-21(16-30)25(32)26(33)28(36)38-29)20(24(31)23(19)27(34)35)14-13-18(4)11-9-10-17(2)3/h1,10,13,15,21,25-26,28-33,36H,6-9,11-12,14,16H2,2-4H3,(H,34,35)/b18-13+/t21-,25-,26+,28+,29?/m1/s1. The SMILES string of the molecule is C#CCCCCc1cc(OC2O[C@H](O)[C@@H](O)[C@H](O)[C@H]2CO)c(C/C=C(\C)CCC=C(C)C)c(O)c1C(=O)O. The third-order valence-electron chi connectivity index (χ3n) is 6.58. The fraction of sp³-hybridized carbons (Fsp3) is 0.552. The molecule has 1 fully saturated rings. The Kier molecular flexibility index (Phi) is 12.3. The maximum absolute atomic E-state index is 12.1. The molecule has 1 aromatic carbocycles. The third kappa shape index (κ3) is 8.32. The largest absolute Gasteiger partial charge is 0.507 e. The van der Waals surface area contributed by atoms with E-state index in [0.717, 1.165) is 18.4 Å². The summed E-state index contributed by atoms with van der Waals surface area (Å²) < 4.78 is 11.3. The number of allylic oxidation sites excluding steroid dienone is 4. The van der Waals surface area contributed by atoms with Gasteiger partial charge in [-0.2, -0.15) is 0 Å². The van der Waals surface area contributed by atoms with Gasteiger partial charge in [0.1, 0.15) is 23.2 Å². The van der Waals surface area contributed by atoms with Crippen LogP contribution in [0.1, 0.15) is 74.4 Å². The summed E-state index contributed by atoms with van der Waals surface area (Å²) >= 11 is 0. The zero-order valence-corrected chi connectivity index (χ0v) is 22.3. The fourth-order valence-electron chi connectivity index (χ4n) is 4.32. The molecule has 210 valence electrons. The van der Waals surface area contributed by atoms with Crippen LogP contribution in [0.3, 0.4) is 0 Å². The second-order valence-corrected chi connectivity index (χ2v) is 9.87. The Bertz CT molecular complexity index is 1050. The summed E-state index contributed by atoms with van der Waals surface area (Å²) in [7, 11) is 0. The highest BCUT2D eigenvalue weighted by Crippen LogP contribution is 2.38. The Balaban J connectivity index is 2.51. The maximum Gasteiger partial charge on any atom is 0.339 e. The number of aliphatic hydroxyl groups is 4. The molecule has 1 aliphatic heterocycles. The van der Waals surface area contributed by atoms with Gasteiger partial charge in [-0.15, -0.1) is 12.3 Å². The first kappa shape index (κ1) is 31.3. The summed E-state index contributed by atoms with van der Waals surface area (Å²) in [5, 5.41) is 61.1. The van der Waals surface area contributed by atoms with E-state index < -0.39 is 49.0 Å². The number of hydrogen-bond donors (Lipinski definition) is 6. The minimum atomic E-state index is -1.77. The predicted octanol–water partition coefficient (Wildman–Crippen LogP) is 3.06. The van der Waals surface area contributed by atoms with Crippen molar-refractivity contribution in [3.8, 4) is 23.8 Å². The monoisotopic (exact) mass is 532 g/mol. The molecule has 1 aromatic rings. The number of terminal acetylenes is 1. The third-order valence-corrected chi connectivity index (χ3v) is 6.58. The number of rotatable bonds is 13. The maximum atomic E-state index is 12.1. The average Bonchev–Trinajstić information content (AvgIpc) is 2.84. The summed E-state index contributed by atoms with van der Waals surface area (Å²) in [6, 6.07) is 1.50. The van der Waals surface area contributed by atoms with Crippen molar-refractivity contribution in [1.29, 1.82) is 0 Å². The van der Waals surface area contributed by atoms with E-state index in [9.17, 15) is 35.4 Å². The van der Waals surface area contributed by atoms with Crippen molar-refractivity contribution in [3.63, 3.8) is 0 Å². The number of carbonyl (C=O) groups is 1. The lowest BCUT2D eigenvalue weighted by atomic mass is 9.93. The van der Waals surface area contributed by atoms with E-state index in [1.165, 1.54) is 11.6 Å². The minimum absolute atomic E-state index is 0.0899. The minimum Gasteiger partial charge on any atom is -0.507 e. The number of hydrogen-bond acceptors (Lipinski definition) is 8. The lowest BCUT2D eigenvalue weighted by Crippen LogP contribution is -2.57. The number of benzene rings is 1. The quantitative estimate of drug-likeness (QED) is 0.128. The van der Waals surface area contributed by atoms with Crippen LogP contribution < -0.4 is 4.74 Å². The highest BCUT2D eigenvalue weighted by molar-refractivity contribution is 5.93. The molecule has 1 saturated heterocycles. The van der Waals surface area contributed by atoms with E-state index in [1.54, 1.807) is 0 Å². The van der Waals surface area contributed by atoms with E-state index in [-0.39, 0.29) is 23.3 Å². The van der Waals surface area contributed by atoms with Gasteiger partial charge < -0.3 is 40.1 Å². The van der Waals surface area contributed by atoms with E-state index >= 15 is 0 Å². The molecular formula is C29H40O9. The van der Waals surface area contributed by atoms with E-state index in [4.69, 9.17) is 15.9 Å². The molecule has 38 heavy (non-hydrogen) atoms. The summed E-state index contributed by atoms with van der Waals surface area (Å²) in [6.07, 6.45) is 6.80. The number of phenols is 1. The molecule has 1 heterocycles. The number of ether oxygens (including phenoxy) is 2. The van der Waals surface area contributed by atoms with Crippen LogP contribution in [0, 0.1) is 18.3 Å². The molecule has 5 atom stereocenters. The molecule has 0 bridgehead atoms. The van der Waals surface area contributed by atoms with Gasteiger partial charge in [0.05, 0.1) is 18.6 Å². The number of aryl methyl sites for hydroxylation is 1. The fourth-order valence-corrected chi connectivity index (χ4v) is 4.32. The highest BCUT2D eigenvalue weighted by atomic mass is 16.7. The summed E-state index contributed by atoms with van der Waals surface area (Å²) in [5.41, 5.74) is 2.51. The van der Waals surface area contributed by atoms with Crippen LogP contribution in [0.4, 0.5) is 0 Å². The van der Waals surface area contributed by atoms with Crippen LogP contribution in [0.2, 0.25) is 0 Å². The lowest BCUT2D eigenvalue weighted by molar-refractivity contribution is -0.312. The molecule has 0 spiro atoms. The summed E-state index contributed by atoms with van der Waals surface area (Å²) in [5.74, 6) is -0.219. The smallest absolute Gasteiger partial charge is 0.339 e. The number of carboxylic acids is 1. The van der Waals surface area contributed by atoms with Crippen molar-refractivity contribution in [2.75, 3.05) is 6.61 Å². The van der Waals surface area contributed by atoms with E-state index in [2.05, 4.69) is 12.0 Å². The van der Waals surface area contributed by atoms with Gasteiger partial charge in [0.15, 0.2) is 6.29 Å². The molecule has 1 aliphatic rings. The first-order valence-electron chi connectivity index (χ1n) is 12.8. The van der Waals surface area contributed by atoms with Crippen molar-refractivity contribution in [3.05, 3.63) is 46.1 Å². The average molecular weight is 533 g/mol. The van der Waals surface area contributed by atoms with Gasteiger partial charge >= 0.3 is 5.97 Å². The molecule has 0 aliphatic carbocycles. The van der Waals surface area contributed by atoms with Crippen LogP contribution >= 0.6 is 0 Å². The van der Waals surface area contributed by atoms with E-state index in [0.29, 0.717) is 31.2 Å². The number of aliphatic hydroxyl groups excluding tert-OH is 4. The van der Waals surface area contributed by atoms with Crippen LogP contribution in [0.5, 0.6) is 11.5 Å². The zero-order chi connectivity index (χ0) is 28.4. The van der Waals surface area contributed by atoms with E-state index in [1.807, 2.05) is 26.8 Å². The van der Waals surface area contributed by atoms with Crippen LogP contribution in [-0.2, 0) is 17.6 Å². The Morgan fingerprint density at radius 3 is 2.47 bits per heavy atom. The van der Waals surface area contributed by atoms with Crippen LogP contribution in [0.25, 0.3) is 0 Å².